The van der Waals surface area contributed by atoms with Gasteiger partial charge in [-0.25, -0.2) is 0 Å². The Balaban J connectivity index is 2.42. The number of rotatable bonds is 1. The molecule has 3 heteroatoms. The van der Waals surface area contributed by atoms with Gasteiger partial charge in [0.1, 0.15) is 0 Å². The molecule has 1 N–H and O–H groups in total. The van der Waals surface area contributed by atoms with Crippen LogP contribution in [0.15, 0.2) is 18.3 Å². The van der Waals surface area contributed by atoms with Crippen molar-refractivity contribution in [1.29, 1.82) is 0 Å². The first kappa shape index (κ1) is 7.28. The molecular formula is C9H9NO2. The summed E-state index contributed by atoms with van der Waals surface area (Å²) in [5, 5.41) is 8.83. The Labute approximate surface area is 70.1 Å². The first-order chi connectivity index (χ1) is 5.79. The summed E-state index contributed by atoms with van der Waals surface area (Å²) in [6.45, 7) is 0. The lowest BCUT2D eigenvalue weighted by Gasteiger charge is -2.03. The van der Waals surface area contributed by atoms with Crippen molar-refractivity contribution < 1.29 is 9.90 Å². The van der Waals surface area contributed by atoms with Gasteiger partial charge in [-0.3, -0.25) is 9.78 Å². The second-order valence-electron chi connectivity index (χ2n) is 2.97. The van der Waals surface area contributed by atoms with Crippen LogP contribution in [0.2, 0.25) is 0 Å². The second kappa shape index (κ2) is 2.59. The van der Waals surface area contributed by atoms with E-state index < -0.39 is 5.97 Å². The van der Waals surface area contributed by atoms with Crippen molar-refractivity contribution >= 4 is 5.97 Å². The number of nitrogens with zero attached hydrogens (tertiary/aromatic N) is 1. The van der Waals surface area contributed by atoms with Gasteiger partial charge < -0.3 is 5.11 Å². The van der Waals surface area contributed by atoms with Crippen LogP contribution in [0.5, 0.6) is 0 Å². The summed E-state index contributed by atoms with van der Waals surface area (Å²) < 4.78 is 0. The van der Waals surface area contributed by atoms with Gasteiger partial charge in [0.2, 0.25) is 0 Å². The van der Waals surface area contributed by atoms with Crippen molar-refractivity contribution in [3.63, 3.8) is 0 Å². The molecule has 62 valence electrons. The van der Waals surface area contributed by atoms with Crippen LogP contribution < -0.4 is 0 Å². The molecule has 3 nitrogen and oxygen atoms in total. The molecule has 1 unspecified atom stereocenters. The van der Waals surface area contributed by atoms with Crippen molar-refractivity contribution in [2.45, 2.75) is 18.8 Å². The lowest BCUT2D eigenvalue weighted by atomic mass is 10.0. The van der Waals surface area contributed by atoms with Crippen LogP contribution in [0.4, 0.5) is 0 Å². The van der Waals surface area contributed by atoms with Crippen molar-refractivity contribution in [2.24, 2.45) is 0 Å². The number of carboxylic acid groups (broad SMARTS) is 1. The summed E-state index contributed by atoms with van der Waals surface area (Å²) in [6, 6.07) is 3.65. The zero-order valence-electron chi connectivity index (χ0n) is 6.53. The SMILES string of the molecule is O=C(O)C1CCc2ncccc21. The van der Waals surface area contributed by atoms with Gasteiger partial charge >= 0.3 is 5.97 Å². The molecular weight excluding hydrogens is 154 g/mol. The minimum atomic E-state index is -0.734. The van der Waals surface area contributed by atoms with Crippen molar-refractivity contribution in [3.05, 3.63) is 29.6 Å². The van der Waals surface area contributed by atoms with Crippen molar-refractivity contribution in [3.8, 4) is 0 Å². The smallest absolute Gasteiger partial charge is 0.311 e. The molecule has 0 spiro atoms. The van der Waals surface area contributed by atoms with E-state index in [2.05, 4.69) is 4.98 Å². The van der Waals surface area contributed by atoms with Gasteiger partial charge in [0.05, 0.1) is 5.92 Å². The number of hydrogen-bond donors (Lipinski definition) is 1. The topological polar surface area (TPSA) is 50.2 Å². The Morgan fingerprint density at radius 1 is 1.67 bits per heavy atom. The highest BCUT2D eigenvalue weighted by atomic mass is 16.4. The Kier molecular flexibility index (Phi) is 1.57. The van der Waals surface area contributed by atoms with E-state index in [1.165, 1.54) is 0 Å². The van der Waals surface area contributed by atoms with Crippen LogP contribution >= 0.6 is 0 Å². The summed E-state index contributed by atoms with van der Waals surface area (Å²) in [4.78, 5) is 14.9. The summed E-state index contributed by atoms with van der Waals surface area (Å²) in [6.07, 6.45) is 3.21. The summed E-state index contributed by atoms with van der Waals surface area (Å²) in [7, 11) is 0. The number of aromatic nitrogens is 1. The molecule has 1 aliphatic carbocycles. The quantitative estimate of drug-likeness (QED) is 0.676. The first-order valence-electron chi connectivity index (χ1n) is 3.95. The third-order valence-electron chi connectivity index (χ3n) is 2.27. The van der Waals surface area contributed by atoms with Gasteiger partial charge in [-0.1, -0.05) is 6.07 Å². The molecule has 2 rings (SSSR count). The van der Waals surface area contributed by atoms with E-state index in [1.54, 1.807) is 12.3 Å². The third-order valence-corrected chi connectivity index (χ3v) is 2.27. The average Bonchev–Trinajstić information content (AvgIpc) is 2.47. The highest BCUT2D eigenvalue weighted by molar-refractivity contribution is 5.77. The van der Waals surface area contributed by atoms with E-state index in [1.807, 2.05) is 6.07 Å². The fraction of sp³-hybridized carbons (Fsp3) is 0.333. The second-order valence-corrected chi connectivity index (χ2v) is 2.97. The molecule has 0 radical (unpaired) electrons. The summed E-state index contributed by atoms with van der Waals surface area (Å²) >= 11 is 0. The molecule has 0 bridgehead atoms. The lowest BCUT2D eigenvalue weighted by Crippen LogP contribution is -2.07. The van der Waals surface area contributed by atoms with Gasteiger partial charge in [-0.2, -0.15) is 0 Å². The minimum absolute atomic E-state index is 0.325. The standard InChI is InChI=1S/C9H9NO2/c11-9(12)7-3-4-8-6(7)2-1-5-10-8/h1-2,5,7H,3-4H2,(H,11,12). The lowest BCUT2D eigenvalue weighted by molar-refractivity contribution is -0.138. The van der Waals surface area contributed by atoms with Gasteiger partial charge in [-0.15, -0.1) is 0 Å². The Hall–Kier alpha value is -1.38. The van der Waals surface area contributed by atoms with Crippen LogP contribution in [-0.4, -0.2) is 16.1 Å². The maximum Gasteiger partial charge on any atom is 0.311 e. The molecule has 0 saturated carbocycles. The first-order valence-corrected chi connectivity index (χ1v) is 3.95. The van der Waals surface area contributed by atoms with Gasteiger partial charge in [0, 0.05) is 11.9 Å². The highest BCUT2D eigenvalue weighted by Gasteiger charge is 2.28. The van der Waals surface area contributed by atoms with E-state index in [9.17, 15) is 4.79 Å². The van der Waals surface area contributed by atoms with E-state index in [0.29, 0.717) is 6.42 Å². The third kappa shape index (κ3) is 0.978. The van der Waals surface area contributed by atoms with Gasteiger partial charge in [-0.05, 0) is 24.5 Å². The molecule has 12 heavy (non-hydrogen) atoms. The molecule has 1 aromatic heterocycles. The number of fused-ring (bicyclic) bond motifs is 1. The predicted molar refractivity (Wildman–Crippen MR) is 42.9 cm³/mol. The van der Waals surface area contributed by atoms with E-state index >= 15 is 0 Å². The number of carboxylic acids is 1. The monoisotopic (exact) mass is 163 g/mol. The molecule has 1 aliphatic rings. The minimum Gasteiger partial charge on any atom is -0.481 e. The van der Waals surface area contributed by atoms with Crippen LogP contribution in [0, 0.1) is 0 Å². The zero-order chi connectivity index (χ0) is 8.55. The maximum absolute atomic E-state index is 10.7. The molecule has 1 aromatic rings. The largest absolute Gasteiger partial charge is 0.481 e. The van der Waals surface area contributed by atoms with E-state index in [0.717, 1.165) is 17.7 Å². The molecule has 0 aliphatic heterocycles. The molecule has 0 saturated heterocycles. The maximum atomic E-state index is 10.7. The number of aryl methyl sites for hydroxylation is 1. The average molecular weight is 163 g/mol. The molecule has 1 atom stereocenters. The summed E-state index contributed by atoms with van der Waals surface area (Å²) in [5.74, 6) is -1.06. The van der Waals surface area contributed by atoms with Crippen molar-refractivity contribution in [2.75, 3.05) is 0 Å². The van der Waals surface area contributed by atoms with Gasteiger partial charge in [0.25, 0.3) is 0 Å². The van der Waals surface area contributed by atoms with Crippen LogP contribution in [0.1, 0.15) is 23.6 Å². The predicted octanol–water partition coefficient (Wildman–Crippen LogP) is 1.20. The number of carbonyl (C=O) groups is 1. The number of aliphatic carboxylic acids is 1. The molecule has 0 amide bonds. The van der Waals surface area contributed by atoms with Crippen LogP contribution in [0.3, 0.4) is 0 Å². The molecule has 0 aromatic carbocycles. The fourth-order valence-corrected chi connectivity index (χ4v) is 1.67. The number of pyridine rings is 1. The van der Waals surface area contributed by atoms with Crippen LogP contribution in [0.25, 0.3) is 0 Å². The summed E-state index contributed by atoms with van der Waals surface area (Å²) in [5.41, 5.74) is 1.84. The van der Waals surface area contributed by atoms with E-state index in [-0.39, 0.29) is 5.92 Å². The van der Waals surface area contributed by atoms with Crippen LogP contribution in [-0.2, 0) is 11.2 Å². The molecule has 1 heterocycles. The fourth-order valence-electron chi connectivity index (χ4n) is 1.67. The van der Waals surface area contributed by atoms with Gasteiger partial charge in [0.15, 0.2) is 0 Å². The Bertz CT molecular complexity index is 322. The highest BCUT2D eigenvalue weighted by Crippen LogP contribution is 2.31. The zero-order valence-corrected chi connectivity index (χ0v) is 6.53. The molecule has 0 fully saturated rings. The Morgan fingerprint density at radius 2 is 2.50 bits per heavy atom. The van der Waals surface area contributed by atoms with E-state index in [4.69, 9.17) is 5.11 Å². The number of hydrogen-bond acceptors (Lipinski definition) is 2. The normalized spacial score (nSPS) is 20.5. The Morgan fingerprint density at radius 3 is 3.25 bits per heavy atom. The van der Waals surface area contributed by atoms with Crippen molar-refractivity contribution in [1.82, 2.24) is 4.98 Å².